The van der Waals surface area contributed by atoms with Crippen LogP contribution in [0.25, 0.3) is 0 Å². The maximum absolute atomic E-state index is 12.4. The third kappa shape index (κ3) is 5.95. The van der Waals surface area contributed by atoms with Gasteiger partial charge in [-0.1, -0.05) is 22.4 Å². The minimum Gasteiger partial charge on any atom is -0.452 e. The van der Waals surface area contributed by atoms with Crippen molar-refractivity contribution in [3.63, 3.8) is 0 Å². The van der Waals surface area contributed by atoms with E-state index in [2.05, 4.69) is 20.9 Å². The predicted octanol–water partition coefficient (Wildman–Crippen LogP) is 2.81. The third-order valence-corrected chi connectivity index (χ3v) is 4.66. The number of anilines is 2. The van der Waals surface area contributed by atoms with E-state index >= 15 is 0 Å². The zero-order chi connectivity index (χ0) is 21.5. The number of esters is 1. The summed E-state index contributed by atoms with van der Waals surface area (Å²) < 4.78 is 14.8. The number of nitrogens with one attached hydrogen (secondary N) is 2. The summed E-state index contributed by atoms with van der Waals surface area (Å²) >= 11 is 1.15. The second-order valence-corrected chi connectivity index (χ2v) is 7.12. The molecule has 3 aromatic rings. The van der Waals surface area contributed by atoms with Crippen molar-refractivity contribution in [2.24, 2.45) is 0 Å². The molecule has 0 radical (unpaired) electrons. The fraction of sp³-hybridized carbons (Fsp3) is 0.211. The molecule has 2 heterocycles. The molecule has 0 aliphatic heterocycles. The molecule has 0 bridgehead atoms. The molecule has 1 aromatic carbocycles. The van der Waals surface area contributed by atoms with Gasteiger partial charge >= 0.3 is 5.97 Å². The van der Waals surface area contributed by atoms with E-state index < -0.39 is 18.5 Å². The van der Waals surface area contributed by atoms with Gasteiger partial charge in [0.2, 0.25) is 5.91 Å². The van der Waals surface area contributed by atoms with Crippen molar-refractivity contribution in [3.8, 4) is 0 Å². The Hall–Kier alpha value is -3.60. The summed E-state index contributed by atoms with van der Waals surface area (Å²) in [5.74, 6) is 0.170. The van der Waals surface area contributed by atoms with E-state index in [1.807, 2.05) is 0 Å². The Morgan fingerprint density at radius 3 is 2.17 bits per heavy atom. The maximum atomic E-state index is 12.4. The molecule has 156 valence electrons. The van der Waals surface area contributed by atoms with Crippen molar-refractivity contribution in [1.82, 2.24) is 10.3 Å². The number of aryl methyl sites for hydroxylation is 2. The molecular formula is C19H18N4O6S. The van der Waals surface area contributed by atoms with Crippen LogP contribution < -0.4 is 10.6 Å². The van der Waals surface area contributed by atoms with Gasteiger partial charge in [0, 0.05) is 17.0 Å². The van der Waals surface area contributed by atoms with Gasteiger partial charge in [0.15, 0.2) is 18.2 Å². The number of amides is 2. The van der Waals surface area contributed by atoms with Crippen LogP contribution in [0.5, 0.6) is 0 Å². The average molecular weight is 430 g/mol. The van der Waals surface area contributed by atoms with E-state index in [-0.39, 0.29) is 23.0 Å². The molecule has 0 fully saturated rings. The molecule has 30 heavy (non-hydrogen) atoms. The Labute approximate surface area is 175 Å². The lowest BCUT2D eigenvalue weighted by Crippen LogP contribution is -2.21. The number of aromatic nitrogens is 2. The molecule has 0 aliphatic rings. The highest BCUT2D eigenvalue weighted by molar-refractivity contribution is 8.00. The Bertz CT molecular complexity index is 1060. The first-order chi connectivity index (χ1) is 14.4. The summed E-state index contributed by atoms with van der Waals surface area (Å²) in [7, 11) is 0. The molecule has 0 spiro atoms. The monoisotopic (exact) mass is 430 g/mol. The Balaban J connectivity index is 1.52. The SMILES string of the molecule is Cc1cc(NC(=O)COC(=O)c2ccccc2SCC(=O)Nc2cc(C)on2)no1. The third-order valence-electron chi connectivity index (χ3n) is 3.59. The Morgan fingerprint density at radius 1 is 0.967 bits per heavy atom. The van der Waals surface area contributed by atoms with Crippen LogP contribution in [0, 0.1) is 13.8 Å². The Kier molecular flexibility index (Phi) is 6.86. The van der Waals surface area contributed by atoms with Crippen molar-refractivity contribution < 1.29 is 28.2 Å². The van der Waals surface area contributed by atoms with Crippen LogP contribution in [0.15, 0.2) is 50.3 Å². The number of hydrogen-bond donors (Lipinski definition) is 2. The number of rotatable bonds is 8. The summed E-state index contributed by atoms with van der Waals surface area (Å²) in [5.41, 5.74) is 0.248. The first-order valence-corrected chi connectivity index (χ1v) is 9.74. The number of carbonyl (C=O) groups excluding carboxylic acids is 3. The molecule has 0 aliphatic carbocycles. The summed E-state index contributed by atoms with van der Waals surface area (Å²) in [6.07, 6.45) is 0. The molecule has 0 saturated carbocycles. The maximum Gasteiger partial charge on any atom is 0.339 e. The predicted molar refractivity (Wildman–Crippen MR) is 107 cm³/mol. The lowest BCUT2D eigenvalue weighted by molar-refractivity contribution is -0.119. The zero-order valence-corrected chi connectivity index (χ0v) is 16.9. The quantitative estimate of drug-likeness (QED) is 0.408. The first-order valence-electron chi connectivity index (χ1n) is 8.76. The van der Waals surface area contributed by atoms with E-state index in [0.29, 0.717) is 22.2 Å². The number of ether oxygens (including phenoxy) is 1. The van der Waals surface area contributed by atoms with Gasteiger partial charge in [-0.05, 0) is 26.0 Å². The van der Waals surface area contributed by atoms with Crippen LogP contribution in [0.2, 0.25) is 0 Å². The van der Waals surface area contributed by atoms with E-state index in [0.717, 1.165) is 11.8 Å². The summed E-state index contributed by atoms with van der Waals surface area (Å²) in [6, 6.07) is 9.78. The van der Waals surface area contributed by atoms with E-state index in [4.69, 9.17) is 13.8 Å². The van der Waals surface area contributed by atoms with Crippen molar-refractivity contribution in [3.05, 3.63) is 53.5 Å². The Morgan fingerprint density at radius 2 is 1.57 bits per heavy atom. The molecular weight excluding hydrogens is 412 g/mol. The number of thioether (sulfide) groups is 1. The average Bonchev–Trinajstić information content (AvgIpc) is 3.32. The van der Waals surface area contributed by atoms with Gasteiger partial charge in [-0.25, -0.2) is 4.79 Å². The molecule has 3 rings (SSSR count). The number of carbonyl (C=O) groups is 3. The van der Waals surface area contributed by atoms with Gasteiger partial charge in [0.05, 0.1) is 11.3 Å². The summed E-state index contributed by atoms with van der Waals surface area (Å²) in [4.78, 5) is 36.9. The van der Waals surface area contributed by atoms with Gasteiger partial charge in [-0.15, -0.1) is 11.8 Å². The fourth-order valence-electron chi connectivity index (χ4n) is 2.32. The van der Waals surface area contributed by atoms with Crippen LogP contribution in [0.3, 0.4) is 0 Å². The molecule has 2 aromatic heterocycles. The molecule has 0 saturated heterocycles. The topological polar surface area (TPSA) is 137 Å². The summed E-state index contributed by atoms with van der Waals surface area (Å²) in [5, 5.41) is 12.4. The van der Waals surface area contributed by atoms with Gasteiger partial charge in [-0.2, -0.15) is 0 Å². The smallest absolute Gasteiger partial charge is 0.339 e. The zero-order valence-electron chi connectivity index (χ0n) is 16.1. The molecule has 0 unspecified atom stereocenters. The highest BCUT2D eigenvalue weighted by Crippen LogP contribution is 2.23. The molecule has 11 heteroatoms. The second kappa shape index (κ2) is 9.74. The minimum absolute atomic E-state index is 0.0438. The molecule has 10 nitrogen and oxygen atoms in total. The second-order valence-electron chi connectivity index (χ2n) is 6.10. The van der Waals surface area contributed by atoms with Crippen molar-refractivity contribution in [1.29, 1.82) is 0 Å². The minimum atomic E-state index is -0.683. The van der Waals surface area contributed by atoms with Gasteiger partial charge in [0.1, 0.15) is 11.5 Å². The van der Waals surface area contributed by atoms with Crippen molar-refractivity contribution in [2.45, 2.75) is 18.7 Å². The van der Waals surface area contributed by atoms with E-state index in [1.54, 1.807) is 44.2 Å². The van der Waals surface area contributed by atoms with Crippen LogP contribution in [-0.4, -0.2) is 40.5 Å². The van der Waals surface area contributed by atoms with Crippen LogP contribution >= 0.6 is 11.8 Å². The van der Waals surface area contributed by atoms with Crippen LogP contribution in [0.1, 0.15) is 21.9 Å². The standard InChI is InChI=1S/C19H18N4O6S/c1-11-7-15(22-28-11)20-17(24)9-27-19(26)13-5-3-4-6-14(13)30-10-18(25)21-16-8-12(2)29-23-16/h3-8H,9-10H2,1-2H3,(H,20,22,24)(H,21,23,25). The summed E-state index contributed by atoms with van der Waals surface area (Å²) in [6.45, 7) is 2.91. The van der Waals surface area contributed by atoms with E-state index in [9.17, 15) is 14.4 Å². The fourth-order valence-corrected chi connectivity index (χ4v) is 3.16. The van der Waals surface area contributed by atoms with Crippen LogP contribution in [0.4, 0.5) is 11.6 Å². The largest absolute Gasteiger partial charge is 0.452 e. The number of nitrogens with zero attached hydrogens (tertiary/aromatic N) is 2. The lowest BCUT2D eigenvalue weighted by atomic mass is 10.2. The molecule has 2 N–H and O–H groups in total. The lowest BCUT2D eigenvalue weighted by Gasteiger charge is -2.09. The first kappa shape index (κ1) is 21.1. The number of hydrogen-bond acceptors (Lipinski definition) is 9. The van der Waals surface area contributed by atoms with Crippen molar-refractivity contribution in [2.75, 3.05) is 23.0 Å². The van der Waals surface area contributed by atoms with Gasteiger partial charge in [-0.3, -0.25) is 9.59 Å². The molecule has 0 atom stereocenters. The van der Waals surface area contributed by atoms with Gasteiger partial charge < -0.3 is 24.4 Å². The van der Waals surface area contributed by atoms with E-state index in [1.165, 1.54) is 6.07 Å². The normalized spacial score (nSPS) is 10.5. The number of benzene rings is 1. The van der Waals surface area contributed by atoms with Crippen LogP contribution in [-0.2, 0) is 14.3 Å². The highest BCUT2D eigenvalue weighted by Gasteiger charge is 2.16. The molecule has 2 amide bonds. The highest BCUT2D eigenvalue weighted by atomic mass is 32.2. The van der Waals surface area contributed by atoms with Crippen molar-refractivity contribution >= 4 is 41.2 Å². The van der Waals surface area contributed by atoms with Gasteiger partial charge in [0.25, 0.3) is 5.91 Å².